The molecule has 3 aromatic rings. The van der Waals surface area contributed by atoms with Crippen molar-refractivity contribution in [1.82, 2.24) is 24.3 Å². The summed E-state index contributed by atoms with van der Waals surface area (Å²) >= 11 is 0. The number of benzene rings is 1. The molecule has 0 bridgehead atoms. The van der Waals surface area contributed by atoms with Crippen molar-refractivity contribution in [3.05, 3.63) is 75.6 Å². The first-order valence-corrected chi connectivity index (χ1v) is 5.96. The average molecular weight is 269 g/mol. The van der Waals surface area contributed by atoms with Crippen molar-refractivity contribution in [2.75, 3.05) is 0 Å². The highest BCUT2D eigenvalue weighted by Crippen LogP contribution is 2.08. The molecule has 7 heteroatoms. The van der Waals surface area contributed by atoms with Crippen molar-refractivity contribution in [2.45, 2.75) is 6.54 Å². The van der Waals surface area contributed by atoms with Crippen LogP contribution in [0.3, 0.4) is 0 Å². The summed E-state index contributed by atoms with van der Waals surface area (Å²) in [5.41, 5.74) is 1.27. The summed E-state index contributed by atoms with van der Waals surface area (Å²) in [5.74, 6) is 0. The Bertz CT molecular complexity index is 828. The van der Waals surface area contributed by atoms with Crippen molar-refractivity contribution in [3.63, 3.8) is 0 Å². The summed E-state index contributed by atoms with van der Waals surface area (Å²) < 4.78 is 2.92. The molecule has 0 aliphatic heterocycles. The van der Waals surface area contributed by atoms with Gasteiger partial charge in [-0.3, -0.25) is 9.36 Å². The first-order valence-electron chi connectivity index (χ1n) is 5.96. The Morgan fingerprint density at radius 1 is 1.05 bits per heavy atom. The smallest absolute Gasteiger partial charge is 0.295 e. The Labute approximate surface area is 113 Å². The van der Waals surface area contributed by atoms with E-state index < -0.39 is 0 Å². The number of nitrogens with one attached hydrogen (secondary N) is 1. The topological polar surface area (TPSA) is 85.6 Å². The van der Waals surface area contributed by atoms with Crippen LogP contribution in [0.25, 0.3) is 5.69 Å². The minimum Gasteiger partial charge on any atom is -0.295 e. The molecule has 2 aromatic heterocycles. The third kappa shape index (κ3) is 2.28. The second-order valence-corrected chi connectivity index (χ2v) is 4.24. The van der Waals surface area contributed by atoms with Crippen molar-refractivity contribution < 1.29 is 0 Å². The summed E-state index contributed by atoms with van der Waals surface area (Å²) in [6.07, 6.45) is 4.38. The number of H-pyrrole nitrogens is 1. The number of aromatic nitrogens is 5. The SMILES string of the molecule is O=c1ccncn1Cc1ccc(-n2cn[nH]c2=O)cc1. The lowest BCUT2D eigenvalue weighted by molar-refractivity contribution is 0.735. The van der Waals surface area contributed by atoms with Crippen molar-refractivity contribution in [3.8, 4) is 5.69 Å². The fourth-order valence-electron chi connectivity index (χ4n) is 1.89. The van der Waals surface area contributed by atoms with Crippen LogP contribution in [0.4, 0.5) is 0 Å². The molecule has 0 saturated heterocycles. The van der Waals surface area contributed by atoms with Gasteiger partial charge in [0.2, 0.25) is 0 Å². The molecule has 7 nitrogen and oxygen atoms in total. The molecule has 0 atom stereocenters. The minimum atomic E-state index is -0.291. The van der Waals surface area contributed by atoms with Gasteiger partial charge in [0.1, 0.15) is 6.33 Å². The van der Waals surface area contributed by atoms with Crippen LogP contribution in [-0.4, -0.2) is 24.3 Å². The lowest BCUT2D eigenvalue weighted by atomic mass is 10.2. The monoisotopic (exact) mass is 269 g/mol. The van der Waals surface area contributed by atoms with Gasteiger partial charge in [-0.15, -0.1) is 0 Å². The highest BCUT2D eigenvalue weighted by molar-refractivity contribution is 5.34. The number of rotatable bonds is 3. The lowest BCUT2D eigenvalue weighted by Crippen LogP contribution is -2.19. The summed E-state index contributed by atoms with van der Waals surface area (Å²) in [5, 5.41) is 6.00. The van der Waals surface area contributed by atoms with E-state index in [2.05, 4.69) is 15.2 Å². The molecule has 0 aliphatic rings. The zero-order valence-corrected chi connectivity index (χ0v) is 10.4. The standard InChI is InChI=1S/C13H11N5O2/c19-12-5-6-14-8-17(12)7-10-1-3-11(4-2-10)18-9-15-16-13(18)20/h1-6,8-9H,7H2,(H,16,20). The highest BCUT2D eigenvalue weighted by Gasteiger charge is 2.02. The summed E-state index contributed by atoms with van der Waals surface area (Å²) in [4.78, 5) is 26.9. The zero-order chi connectivity index (χ0) is 13.9. The Balaban J connectivity index is 1.87. The lowest BCUT2D eigenvalue weighted by Gasteiger charge is -2.06. The van der Waals surface area contributed by atoms with Crippen molar-refractivity contribution in [1.29, 1.82) is 0 Å². The molecule has 100 valence electrons. The second kappa shape index (κ2) is 4.96. The van der Waals surface area contributed by atoms with Crippen LogP contribution in [0.5, 0.6) is 0 Å². The molecule has 0 fully saturated rings. The molecular formula is C13H11N5O2. The van der Waals surface area contributed by atoms with Crippen molar-refractivity contribution in [2.24, 2.45) is 0 Å². The van der Waals surface area contributed by atoms with Crippen LogP contribution in [0.2, 0.25) is 0 Å². The van der Waals surface area contributed by atoms with Gasteiger partial charge in [-0.05, 0) is 17.7 Å². The molecule has 1 N–H and O–H groups in total. The van der Waals surface area contributed by atoms with Gasteiger partial charge in [0.05, 0.1) is 18.6 Å². The number of hydrogen-bond acceptors (Lipinski definition) is 4. The second-order valence-electron chi connectivity index (χ2n) is 4.24. The predicted molar refractivity (Wildman–Crippen MR) is 71.8 cm³/mol. The average Bonchev–Trinajstić information content (AvgIpc) is 2.89. The maximum atomic E-state index is 11.6. The van der Waals surface area contributed by atoms with E-state index in [4.69, 9.17) is 0 Å². The number of aromatic amines is 1. The van der Waals surface area contributed by atoms with Gasteiger partial charge >= 0.3 is 5.69 Å². The zero-order valence-electron chi connectivity index (χ0n) is 10.4. The van der Waals surface area contributed by atoms with E-state index in [-0.39, 0.29) is 11.2 Å². The number of nitrogens with zero attached hydrogens (tertiary/aromatic N) is 4. The van der Waals surface area contributed by atoms with Crippen LogP contribution >= 0.6 is 0 Å². The van der Waals surface area contributed by atoms with Gasteiger partial charge < -0.3 is 0 Å². The highest BCUT2D eigenvalue weighted by atomic mass is 16.1. The molecule has 0 amide bonds. The fourth-order valence-corrected chi connectivity index (χ4v) is 1.89. The summed E-state index contributed by atoms with van der Waals surface area (Å²) in [6.45, 7) is 0.438. The normalized spacial score (nSPS) is 10.6. The van der Waals surface area contributed by atoms with E-state index >= 15 is 0 Å². The molecule has 3 rings (SSSR count). The van der Waals surface area contributed by atoms with E-state index in [1.54, 1.807) is 12.1 Å². The maximum absolute atomic E-state index is 11.6. The Morgan fingerprint density at radius 2 is 1.85 bits per heavy atom. The van der Waals surface area contributed by atoms with Crippen LogP contribution in [0.15, 0.2) is 58.8 Å². The van der Waals surface area contributed by atoms with E-state index in [0.717, 1.165) is 5.56 Å². The molecule has 1 aromatic carbocycles. The Hall–Kier alpha value is -2.96. The molecule has 0 radical (unpaired) electrons. The van der Waals surface area contributed by atoms with Gasteiger partial charge in [0.25, 0.3) is 5.56 Å². The van der Waals surface area contributed by atoms with Gasteiger partial charge in [-0.25, -0.2) is 19.4 Å². The molecule has 2 heterocycles. The van der Waals surface area contributed by atoms with Crippen LogP contribution in [0, 0.1) is 0 Å². The Morgan fingerprint density at radius 3 is 2.50 bits per heavy atom. The van der Waals surface area contributed by atoms with Crippen LogP contribution < -0.4 is 11.2 Å². The number of hydrogen-bond donors (Lipinski definition) is 1. The van der Waals surface area contributed by atoms with Crippen LogP contribution in [-0.2, 0) is 6.54 Å². The third-order valence-corrected chi connectivity index (χ3v) is 2.91. The fraction of sp³-hybridized carbons (Fsp3) is 0.0769. The van der Waals surface area contributed by atoms with E-state index in [1.165, 1.54) is 34.1 Å². The third-order valence-electron chi connectivity index (χ3n) is 2.91. The van der Waals surface area contributed by atoms with Gasteiger partial charge in [-0.1, -0.05) is 12.1 Å². The van der Waals surface area contributed by atoms with E-state index in [9.17, 15) is 9.59 Å². The van der Waals surface area contributed by atoms with Gasteiger partial charge in [-0.2, -0.15) is 5.10 Å². The first-order chi connectivity index (χ1) is 9.74. The molecule has 20 heavy (non-hydrogen) atoms. The Kier molecular flexibility index (Phi) is 3.00. The maximum Gasteiger partial charge on any atom is 0.347 e. The van der Waals surface area contributed by atoms with Gasteiger partial charge in [0, 0.05) is 12.3 Å². The molecular weight excluding hydrogens is 258 g/mol. The largest absolute Gasteiger partial charge is 0.347 e. The molecule has 0 spiro atoms. The van der Waals surface area contributed by atoms with Crippen molar-refractivity contribution >= 4 is 0 Å². The van der Waals surface area contributed by atoms with E-state index in [1.807, 2.05) is 12.1 Å². The van der Waals surface area contributed by atoms with Crippen LogP contribution in [0.1, 0.15) is 5.56 Å². The molecule has 0 saturated carbocycles. The molecule has 0 unspecified atom stereocenters. The van der Waals surface area contributed by atoms with E-state index in [0.29, 0.717) is 12.2 Å². The summed E-state index contributed by atoms with van der Waals surface area (Å²) in [6, 6.07) is 8.73. The molecule has 0 aliphatic carbocycles. The summed E-state index contributed by atoms with van der Waals surface area (Å²) in [7, 11) is 0. The van der Waals surface area contributed by atoms with Gasteiger partial charge in [0.15, 0.2) is 0 Å². The first kappa shape index (κ1) is 12.1. The quantitative estimate of drug-likeness (QED) is 0.734. The predicted octanol–water partition coefficient (Wildman–Crippen LogP) is 0.166. The minimum absolute atomic E-state index is 0.102.